The van der Waals surface area contributed by atoms with E-state index < -0.39 is 23.8 Å². The Morgan fingerprint density at radius 2 is 1.45 bits per heavy atom. The van der Waals surface area contributed by atoms with Gasteiger partial charge in [0.2, 0.25) is 5.95 Å². The predicted molar refractivity (Wildman–Crippen MR) is 157 cm³/mol. The summed E-state index contributed by atoms with van der Waals surface area (Å²) >= 11 is 0. The van der Waals surface area contributed by atoms with E-state index in [9.17, 15) is 14.4 Å². The van der Waals surface area contributed by atoms with Gasteiger partial charge in [-0.25, -0.2) is 9.59 Å². The molecule has 8 N–H and O–H groups in total. The molecule has 0 bridgehead atoms. The van der Waals surface area contributed by atoms with Crippen LogP contribution >= 0.6 is 0 Å². The summed E-state index contributed by atoms with van der Waals surface area (Å²) in [4.78, 5) is 45.0. The van der Waals surface area contributed by atoms with E-state index in [1.165, 1.54) is 0 Å². The topological polar surface area (TPSA) is 177 Å². The first-order valence-electron chi connectivity index (χ1n) is 14.4. The molecular formula is C29H51N7O4. The first-order chi connectivity index (χ1) is 18.3. The van der Waals surface area contributed by atoms with Crippen molar-refractivity contribution in [2.24, 2.45) is 33.1 Å². The molecule has 11 heteroatoms. The maximum atomic E-state index is 12.9. The number of anilines is 1. The van der Waals surface area contributed by atoms with Gasteiger partial charge in [0, 0.05) is 30.9 Å². The molecular weight excluding hydrogens is 510 g/mol. The Balaban J connectivity index is 1.55. The van der Waals surface area contributed by atoms with Crippen LogP contribution in [-0.4, -0.2) is 47.3 Å². The summed E-state index contributed by atoms with van der Waals surface area (Å²) in [5.74, 6) is 0.0235. The number of amides is 3. The maximum Gasteiger partial charge on any atom is 0.407 e. The van der Waals surface area contributed by atoms with Crippen molar-refractivity contribution >= 4 is 18.1 Å². The molecule has 1 aromatic rings. The third-order valence-corrected chi connectivity index (χ3v) is 8.36. The summed E-state index contributed by atoms with van der Waals surface area (Å²) < 4.78 is 5.52. The number of urea groups is 1. The van der Waals surface area contributed by atoms with Crippen LogP contribution < -0.4 is 33.0 Å². The highest BCUT2D eigenvalue weighted by Gasteiger charge is 2.41. The van der Waals surface area contributed by atoms with Gasteiger partial charge in [-0.15, -0.1) is 0 Å². The molecule has 3 rings (SSSR count). The van der Waals surface area contributed by atoms with Gasteiger partial charge in [0.15, 0.2) is 0 Å². The fourth-order valence-corrected chi connectivity index (χ4v) is 7.82. The second-order valence-corrected chi connectivity index (χ2v) is 14.8. The standard InChI is InChI=1S/C29H51N7O4/c1-17-21(18(2)40-25(39)33-16-29(8)12-20(31)10-27(5,6)14-29)22(37)35-23(34-17)36-24(38)32-15-28(7)11-19(30)9-26(3,4)13-28/h18-20H,9-16,30-31H2,1-8H3,(H,33,39)(H3,32,34,35,36,37,38). The maximum absolute atomic E-state index is 12.9. The monoisotopic (exact) mass is 561 g/mol. The van der Waals surface area contributed by atoms with Crippen LogP contribution in [0.2, 0.25) is 0 Å². The zero-order valence-electron chi connectivity index (χ0n) is 25.6. The van der Waals surface area contributed by atoms with Crippen LogP contribution in [-0.2, 0) is 4.74 Å². The van der Waals surface area contributed by atoms with Crippen LogP contribution in [0.1, 0.15) is 104 Å². The lowest BCUT2D eigenvalue weighted by atomic mass is 9.63. The molecule has 1 heterocycles. The summed E-state index contributed by atoms with van der Waals surface area (Å²) in [7, 11) is 0. The van der Waals surface area contributed by atoms with Gasteiger partial charge in [-0.05, 0) is 74.0 Å². The second-order valence-electron chi connectivity index (χ2n) is 14.8. The highest BCUT2D eigenvalue weighted by Crippen LogP contribution is 2.46. The Morgan fingerprint density at radius 3 is 1.93 bits per heavy atom. The van der Waals surface area contributed by atoms with Crippen molar-refractivity contribution in [3.05, 3.63) is 21.6 Å². The molecule has 1 aromatic heterocycles. The summed E-state index contributed by atoms with van der Waals surface area (Å²) in [6.45, 7) is 17.2. The van der Waals surface area contributed by atoms with Gasteiger partial charge in [-0.2, -0.15) is 4.98 Å². The summed E-state index contributed by atoms with van der Waals surface area (Å²) in [6.07, 6.45) is 4.02. The van der Waals surface area contributed by atoms with E-state index in [1.807, 2.05) is 0 Å². The van der Waals surface area contributed by atoms with Crippen molar-refractivity contribution in [3.63, 3.8) is 0 Å². The smallest absolute Gasteiger partial charge is 0.407 e. The molecule has 2 fully saturated rings. The third-order valence-electron chi connectivity index (χ3n) is 8.36. The summed E-state index contributed by atoms with van der Waals surface area (Å²) in [5.41, 5.74) is 12.6. The number of ether oxygens (including phenoxy) is 1. The molecule has 2 saturated carbocycles. The fourth-order valence-electron chi connectivity index (χ4n) is 7.82. The van der Waals surface area contributed by atoms with Crippen molar-refractivity contribution in [3.8, 4) is 0 Å². The van der Waals surface area contributed by atoms with Gasteiger partial charge in [0.1, 0.15) is 6.10 Å². The number of nitrogens with two attached hydrogens (primary N) is 2. The molecule has 5 atom stereocenters. The number of aryl methyl sites for hydroxylation is 1. The van der Waals surface area contributed by atoms with Crippen LogP contribution in [0.3, 0.4) is 0 Å². The number of alkyl carbamates (subject to hydrolysis) is 1. The van der Waals surface area contributed by atoms with Gasteiger partial charge in [0.25, 0.3) is 5.56 Å². The number of H-pyrrole nitrogens is 1. The largest absolute Gasteiger partial charge is 0.441 e. The van der Waals surface area contributed by atoms with Gasteiger partial charge < -0.3 is 31.8 Å². The number of nitrogens with one attached hydrogen (secondary N) is 4. The lowest BCUT2D eigenvalue weighted by Gasteiger charge is -2.45. The molecule has 40 heavy (non-hydrogen) atoms. The quantitative estimate of drug-likeness (QED) is 0.290. The molecule has 5 unspecified atom stereocenters. The molecule has 11 nitrogen and oxygen atoms in total. The number of carbonyl (C=O) groups excluding carboxylic acids is 2. The number of carbonyl (C=O) groups is 2. The van der Waals surface area contributed by atoms with Crippen molar-refractivity contribution in [1.82, 2.24) is 20.6 Å². The second kappa shape index (κ2) is 11.7. The molecule has 0 spiro atoms. The van der Waals surface area contributed by atoms with E-state index in [0.29, 0.717) is 18.8 Å². The number of aromatic nitrogens is 2. The van der Waals surface area contributed by atoms with Crippen LogP contribution in [0.5, 0.6) is 0 Å². The van der Waals surface area contributed by atoms with Crippen molar-refractivity contribution < 1.29 is 14.3 Å². The minimum atomic E-state index is -0.837. The van der Waals surface area contributed by atoms with Gasteiger partial charge in [-0.1, -0.05) is 41.5 Å². The number of hydrogen-bond acceptors (Lipinski definition) is 7. The number of aromatic amines is 1. The molecule has 0 saturated heterocycles. The minimum absolute atomic E-state index is 0.0235. The van der Waals surface area contributed by atoms with E-state index in [0.717, 1.165) is 38.5 Å². The van der Waals surface area contributed by atoms with Crippen molar-refractivity contribution in [2.45, 2.75) is 112 Å². The summed E-state index contributed by atoms with van der Waals surface area (Å²) in [5, 5.41) is 8.37. The highest BCUT2D eigenvalue weighted by molar-refractivity contribution is 5.87. The molecule has 3 amide bonds. The van der Waals surface area contributed by atoms with Crippen LogP contribution in [0.25, 0.3) is 0 Å². The van der Waals surface area contributed by atoms with Gasteiger partial charge >= 0.3 is 12.1 Å². The first kappa shape index (κ1) is 31.9. The summed E-state index contributed by atoms with van der Waals surface area (Å²) in [6, 6.07) is -0.275. The molecule has 0 radical (unpaired) electrons. The number of rotatable bonds is 7. The van der Waals surface area contributed by atoms with E-state index >= 15 is 0 Å². The third kappa shape index (κ3) is 8.67. The normalized spacial score (nSPS) is 30.1. The molecule has 0 aromatic carbocycles. The zero-order chi connectivity index (χ0) is 30.1. The van der Waals surface area contributed by atoms with Gasteiger partial charge in [0.05, 0.1) is 5.56 Å². The first-order valence-corrected chi connectivity index (χ1v) is 14.4. The fraction of sp³-hybridized carbons (Fsp3) is 0.793. The Bertz CT molecular complexity index is 1150. The van der Waals surface area contributed by atoms with Crippen LogP contribution in [0.15, 0.2) is 4.79 Å². The highest BCUT2D eigenvalue weighted by atomic mass is 16.6. The lowest BCUT2D eigenvalue weighted by molar-refractivity contribution is 0.0702. The zero-order valence-corrected chi connectivity index (χ0v) is 25.6. The molecule has 226 valence electrons. The van der Waals surface area contributed by atoms with E-state index in [2.05, 4.69) is 67.5 Å². The molecule has 2 aliphatic carbocycles. The van der Waals surface area contributed by atoms with Crippen molar-refractivity contribution in [2.75, 3.05) is 18.4 Å². The van der Waals surface area contributed by atoms with Gasteiger partial charge in [-0.3, -0.25) is 10.1 Å². The van der Waals surface area contributed by atoms with E-state index in [4.69, 9.17) is 16.2 Å². The molecule has 0 aliphatic heterocycles. The molecule has 2 aliphatic rings. The number of nitrogens with zero attached hydrogens (tertiary/aromatic N) is 1. The predicted octanol–water partition coefficient (Wildman–Crippen LogP) is 4.07. The average Bonchev–Trinajstić information content (AvgIpc) is 2.72. The SMILES string of the molecule is Cc1[nH]c(NC(=O)NCC2(C)CC(N)CC(C)(C)C2)nc(=O)c1C(C)OC(=O)NCC1(C)CC(N)CC(C)(C)C1. The Morgan fingerprint density at radius 1 is 0.950 bits per heavy atom. The Hall–Kier alpha value is -2.66. The number of hydrogen-bond donors (Lipinski definition) is 6. The minimum Gasteiger partial charge on any atom is -0.441 e. The van der Waals surface area contributed by atoms with Crippen LogP contribution in [0.4, 0.5) is 15.5 Å². The lowest BCUT2D eigenvalue weighted by Crippen LogP contribution is -2.48. The van der Waals surface area contributed by atoms with E-state index in [-0.39, 0.29) is 45.3 Å². The Kier molecular flexibility index (Phi) is 9.30. The van der Waals surface area contributed by atoms with Crippen molar-refractivity contribution in [1.29, 1.82) is 0 Å². The van der Waals surface area contributed by atoms with Crippen LogP contribution in [0, 0.1) is 28.6 Å². The Labute approximate surface area is 238 Å². The van der Waals surface area contributed by atoms with E-state index in [1.54, 1.807) is 13.8 Å². The average molecular weight is 562 g/mol.